The minimum absolute atomic E-state index is 0.144. The second-order valence-corrected chi connectivity index (χ2v) is 5.65. The lowest BCUT2D eigenvalue weighted by Crippen LogP contribution is -2.15. The van der Waals surface area contributed by atoms with E-state index in [0.29, 0.717) is 22.3 Å². The van der Waals surface area contributed by atoms with E-state index in [1.165, 1.54) is 21.3 Å². The number of aryl methyl sites for hydroxylation is 1. The Morgan fingerprint density at radius 3 is 2.17 bits per heavy atom. The van der Waals surface area contributed by atoms with E-state index in [4.69, 9.17) is 25.8 Å². The molecular formula is C18H20ClNO4. The van der Waals surface area contributed by atoms with Gasteiger partial charge in [-0.2, -0.15) is 0 Å². The molecule has 1 amide bonds. The molecule has 0 saturated carbocycles. The van der Waals surface area contributed by atoms with Crippen LogP contribution in [-0.4, -0.2) is 27.2 Å². The van der Waals surface area contributed by atoms with E-state index >= 15 is 0 Å². The van der Waals surface area contributed by atoms with Gasteiger partial charge in [-0.1, -0.05) is 11.6 Å². The molecule has 0 aromatic heterocycles. The zero-order valence-electron chi connectivity index (χ0n) is 14.1. The molecule has 128 valence electrons. The van der Waals surface area contributed by atoms with Crippen molar-refractivity contribution in [3.05, 3.63) is 46.5 Å². The topological polar surface area (TPSA) is 56.8 Å². The third kappa shape index (κ3) is 4.11. The van der Waals surface area contributed by atoms with E-state index in [2.05, 4.69) is 5.32 Å². The number of carbonyl (C=O) groups is 1. The summed E-state index contributed by atoms with van der Waals surface area (Å²) in [6.07, 6.45) is 0.179. The van der Waals surface area contributed by atoms with Crippen LogP contribution >= 0.6 is 11.6 Å². The molecule has 0 aliphatic heterocycles. The fourth-order valence-electron chi connectivity index (χ4n) is 2.38. The number of rotatable bonds is 6. The molecule has 5 nitrogen and oxygen atoms in total. The molecule has 0 fully saturated rings. The van der Waals surface area contributed by atoms with E-state index in [1.807, 2.05) is 6.92 Å². The SMILES string of the molecule is COc1cc(CC(=O)Nc2ccc(Cl)cc2C)cc(OC)c1OC. The van der Waals surface area contributed by atoms with Crippen molar-refractivity contribution in [2.45, 2.75) is 13.3 Å². The molecule has 0 heterocycles. The van der Waals surface area contributed by atoms with Crippen LogP contribution in [0.5, 0.6) is 17.2 Å². The molecule has 0 spiro atoms. The molecule has 1 N–H and O–H groups in total. The molecule has 0 aliphatic carbocycles. The van der Waals surface area contributed by atoms with Crippen LogP contribution in [0.2, 0.25) is 5.02 Å². The Kier molecular flexibility index (Phi) is 5.93. The monoisotopic (exact) mass is 349 g/mol. The maximum Gasteiger partial charge on any atom is 0.228 e. The molecule has 0 atom stereocenters. The van der Waals surface area contributed by atoms with Crippen molar-refractivity contribution >= 4 is 23.2 Å². The van der Waals surface area contributed by atoms with Crippen LogP contribution in [0.3, 0.4) is 0 Å². The number of anilines is 1. The Bertz CT molecular complexity index is 721. The van der Waals surface area contributed by atoms with Crippen LogP contribution in [-0.2, 0) is 11.2 Å². The Morgan fingerprint density at radius 2 is 1.67 bits per heavy atom. The fraction of sp³-hybridized carbons (Fsp3) is 0.278. The maximum atomic E-state index is 12.3. The smallest absolute Gasteiger partial charge is 0.228 e. The first kappa shape index (κ1) is 17.9. The maximum absolute atomic E-state index is 12.3. The van der Waals surface area contributed by atoms with Gasteiger partial charge in [0.25, 0.3) is 0 Å². The van der Waals surface area contributed by atoms with Gasteiger partial charge in [-0.05, 0) is 48.4 Å². The molecule has 0 aliphatic rings. The summed E-state index contributed by atoms with van der Waals surface area (Å²) >= 11 is 5.93. The van der Waals surface area contributed by atoms with Gasteiger partial charge in [0.2, 0.25) is 11.7 Å². The summed E-state index contributed by atoms with van der Waals surface area (Å²) < 4.78 is 15.9. The van der Waals surface area contributed by atoms with Gasteiger partial charge >= 0.3 is 0 Å². The van der Waals surface area contributed by atoms with Gasteiger partial charge in [0.05, 0.1) is 27.8 Å². The molecule has 2 aromatic carbocycles. The van der Waals surface area contributed by atoms with Crippen molar-refractivity contribution in [1.29, 1.82) is 0 Å². The van der Waals surface area contributed by atoms with Gasteiger partial charge in [0, 0.05) is 10.7 Å². The lowest BCUT2D eigenvalue weighted by atomic mass is 10.1. The van der Waals surface area contributed by atoms with Crippen LogP contribution in [0.25, 0.3) is 0 Å². The minimum atomic E-state index is -0.144. The van der Waals surface area contributed by atoms with E-state index in [0.717, 1.165) is 16.8 Å². The second-order valence-electron chi connectivity index (χ2n) is 5.22. The number of amides is 1. The first-order chi connectivity index (χ1) is 11.5. The lowest BCUT2D eigenvalue weighted by Gasteiger charge is -2.14. The van der Waals surface area contributed by atoms with Crippen molar-refractivity contribution < 1.29 is 19.0 Å². The van der Waals surface area contributed by atoms with Gasteiger partial charge in [-0.15, -0.1) is 0 Å². The van der Waals surface area contributed by atoms with Crippen LogP contribution in [0.1, 0.15) is 11.1 Å². The summed E-state index contributed by atoms with van der Waals surface area (Å²) in [6.45, 7) is 1.89. The predicted octanol–water partition coefficient (Wildman–Crippen LogP) is 3.86. The molecule has 6 heteroatoms. The van der Waals surface area contributed by atoms with Crippen LogP contribution < -0.4 is 19.5 Å². The number of hydrogen-bond acceptors (Lipinski definition) is 4. The summed E-state index contributed by atoms with van der Waals surface area (Å²) in [7, 11) is 4.62. The van der Waals surface area contributed by atoms with Gasteiger partial charge in [-0.3, -0.25) is 4.79 Å². The van der Waals surface area contributed by atoms with E-state index in [1.54, 1.807) is 30.3 Å². The van der Waals surface area contributed by atoms with Crippen molar-refractivity contribution in [3.63, 3.8) is 0 Å². The second kappa shape index (κ2) is 7.93. The molecule has 2 aromatic rings. The number of halogens is 1. The molecular weight excluding hydrogens is 330 g/mol. The third-order valence-electron chi connectivity index (χ3n) is 3.55. The molecule has 0 saturated heterocycles. The summed E-state index contributed by atoms with van der Waals surface area (Å²) in [6, 6.07) is 8.84. The average Bonchev–Trinajstić information content (AvgIpc) is 2.56. The first-order valence-corrected chi connectivity index (χ1v) is 7.71. The van der Waals surface area contributed by atoms with E-state index in [-0.39, 0.29) is 12.3 Å². The van der Waals surface area contributed by atoms with Crippen molar-refractivity contribution in [2.24, 2.45) is 0 Å². The normalized spacial score (nSPS) is 10.2. The average molecular weight is 350 g/mol. The number of benzene rings is 2. The van der Waals surface area contributed by atoms with Gasteiger partial charge < -0.3 is 19.5 Å². The zero-order valence-corrected chi connectivity index (χ0v) is 14.9. The largest absolute Gasteiger partial charge is 0.493 e. The molecule has 0 bridgehead atoms. The summed E-state index contributed by atoms with van der Waals surface area (Å²) in [5.41, 5.74) is 2.39. The van der Waals surface area contributed by atoms with Crippen molar-refractivity contribution in [3.8, 4) is 17.2 Å². The number of ether oxygens (including phenoxy) is 3. The third-order valence-corrected chi connectivity index (χ3v) is 3.79. The quantitative estimate of drug-likeness (QED) is 0.860. The highest BCUT2D eigenvalue weighted by Gasteiger charge is 2.15. The Morgan fingerprint density at radius 1 is 1.04 bits per heavy atom. The number of carbonyl (C=O) groups excluding carboxylic acids is 1. The van der Waals surface area contributed by atoms with Gasteiger partial charge in [0.15, 0.2) is 11.5 Å². The molecule has 0 unspecified atom stereocenters. The Labute approximate surface area is 146 Å². The highest BCUT2D eigenvalue weighted by molar-refractivity contribution is 6.30. The number of nitrogens with one attached hydrogen (secondary N) is 1. The lowest BCUT2D eigenvalue weighted by molar-refractivity contribution is -0.115. The van der Waals surface area contributed by atoms with Crippen LogP contribution in [0, 0.1) is 6.92 Å². The highest BCUT2D eigenvalue weighted by atomic mass is 35.5. The van der Waals surface area contributed by atoms with E-state index in [9.17, 15) is 4.79 Å². The van der Waals surface area contributed by atoms with E-state index < -0.39 is 0 Å². The molecule has 24 heavy (non-hydrogen) atoms. The van der Waals surface area contributed by atoms with Gasteiger partial charge in [-0.25, -0.2) is 0 Å². The summed E-state index contributed by atoms with van der Waals surface area (Å²) in [5, 5.41) is 3.51. The standard InChI is InChI=1S/C18H20ClNO4/c1-11-7-13(19)5-6-14(11)20-17(21)10-12-8-15(22-2)18(24-4)16(9-12)23-3/h5-9H,10H2,1-4H3,(H,20,21). The summed E-state index contributed by atoms with van der Waals surface area (Å²) in [5.74, 6) is 1.39. The summed E-state index contributed by atoms with van der Waals surface area (Å²) in [4.78, 5) is 12.3. The molecule has 2 rings (SSSR count). The first-order valence-electron chi connectivity index (χ1n) is 7.33. The predicted molar refractivity (Wildman–Crippen MR) is 94.6 cm³/mol. The molecule has 0 radical (unpaired) electrons. The van der Waals surface area contributed by atoms with Crippen molar-refractivity contribution in [2.75, 3.05) is 26.6 Å². The number of methoxy groups -OCH3 is 3. The fourth-order valence-corrected chi connectivity index (χ4v) is 2.61. The number of hydrogen-bond donors (Lipinski definition) is 1. The zero-order chi connectivity index (χ0) is 17.7. The highest BCUT2D eigenvalue weighted by Crippen LogP contribution is 2.38. The Hall–Kier alpha value is -2.40. The van der Waals surface area contributed by atoms with Crippen LogP contribution in [0.4, 0.5) is 5.69 Å². The minimum Gasteiger partial charge on any atom is -0.493 e. The van der Waals surface area contributed by atoms with Crippen molar-refractivity contribution in [1.82, 2.24) is 0 Å². The Balaban J connectivity index is 2.19. The van der Waals surface area contributed by atoms with Gasteiger partial charge in [0.1, 0.15) is 0 Å². The van der Waals surface area contributed by atoms with Crippen LogP contribution in [0.15, 0.2) is 30.3 Å².